The van der Waals surface area contributed by atoms with Gasteiger partial charge in [-0.2, -0.15) is 0 Å². The standard InChI is InChI=1S/C20H19N3O3S/c1-14-19(24)23(20(25)27-14)16-6-2-3-7-17(16)26-15-9-12-22(13-10-15)18-8-4-5-11-21-18/h2-8,11,15H,1,9-10,12-13H2. The number of benzene rings is 1. The van der Waals surface area contributed by atoms with Crippen LogP contribution in [0.4, 0.5) is 16.3 Å². The van der Waals surface area contributed by atoms with E-state index >= 15 is 0 Å². The molecule has 2 aromatic rings. The van der Waals surface area contributed by atoms with E-state index in [1.54, 1.807) is 24.4 Å². The van der Waals surface area contributed by atoms with E-state index in [0.29, 0.717) is 11.4 Å². The summed E-state index contributed by atoms with van der Waals surface area (Å²) in [5, 5.41) is -0.342. The number of carbonyl (C=O) groups excluding carboxylic acids is 2. The van der Waals surface area contributed by atoms with Crippen molar-refractivity contribution in [3.05, 3.63) is 60.1 Å². The molecular formula is C20H19N3O3S. The van der Waals surface area contributed by atoms with Crippen LogP contribution in [0.3, 0.4) is 0 Å². The summed E-state index contributed by atoms with van der Waals surface area (Å²) in [5.74, 6) is 1.14. The molecule has 2 fully saturated rings. The molecule has 0 bridgehead atoms. The molecule has 0 saturated carbocycles. The largest absolute Gasteiger partial charge is 0.488 e. The highest BCUT2D eigenvalue weighted by atomic mass is 32.2. The zero-order valence-electron chi connectivity index (χ0n) is 14.7. The number of hydrogen-bond acceptors (Lipinski definition) is 6. The maximum Gasteiger partial charge on any atom is 0.298 e. The van der Waals surface area contributed by atoms with Gasteiger partial charge < -0.3 is 9.64 Å². The fourth-order valence-electron chi connectivity index (χ4n) is 3.27. The maximum absolute atomic E-state index is 12.3. The summed E-state index contributed by atoms with van der Waals surface area (Å²) in [6, 6.07) is 13.1. The average Bonchev–Trinajstić information content (AvgIpc) is 2.95. The van der Waals surface area contributed by atoms with Crippen molar-refractivity contribution in [3.8, 4) is 5.75 Å². The lowest BCUT2D eigenvalue weighted by molar-refractivity contribution is -0.113. The highest BCUT2D eigenvalue weighted by molar-refractivity contribution is 8.18. The van der Waals surface area contributed by atoms with Gasteiger partial charge >= 0.3 is 0 Å². The van der Waals surface area contributed by atoms with Gasteiger partial charge in [0.25, 0.3) is 11.1 Å². The second-order valence-corrected chi connectivity index (χ2v) is 7.44. The molecule has 0 unspecified atom stereocenters. The molecule has 2 saturated heterocycles. The van der Waals surface area contributed by atoms with Crippen molar-refractivity contribution in [1.29, 1.82) is 0 Å². The molecule has 2 aliphatic rings. The predicted molar refractivity (Wildman–Crippen MR) is 106 cm³/mol. The summed E-state index contributed by atoms with van der Waals surface area (Å²) in [6.07, 6.45) is 3.50. The third-order valence-electron chi connectivity index (χ3n) is 4.65. The minimum atomic E-state index is -0.383. The second kappa shape index (κ2) is 7.44. The van der Waals surface area contributed by atoms with Gasteiger partial charge in [-0.1, -0.05) is 24.8 Å². The first-order valence-corrected chi connectivity index (χ1v) is 9.62. The van der Waals surface area contributed by atoms with Crippen LogP contribution in [0.25, 0.3) is 0 Å². The van der Waals surface area contributed by atoms with Crippen LogP contribution < -0.4 is 14.5 Å². The molecule has 0 atom stereocenters. The number of aromatic nitrogens is 1. The Bertz CT molecular complexity index is 879. The van der Waals surface area contributed by atoms with Gasteiger partial charge in [0.2, 0.25) is 0 Å². The first-order valence-electron chi connectivity index (χ1n) is 8.80. The zero-order valence-corrected chi connectivity index (χ0v) is 15.5. The van der Waals surface area contributed by atoms with E-state index in [-0.39, 0.29) is 22.2 Å². The number of amides is 2. The van der Waals surface area contributed by atoms with E-state index in [4.69, 9.17) is 4.74 Å². The van der Waals surface area contributed by atoms with E-state index in [1.165, 1.54) is 0 Å². The fraction of sp³-hybridized carbons (Fsp3) is 0.250. The van der Waals surface area contributed by atoms with Crippen molar-refractivity contribution >= 4 is 34.4 Å². The van der Waals surface area contributed by atoms with Crippen LogP contribution in [0.2, 0.25) is 0 Å². The number of carbonyl (C=O) groups is 2. The van der Waals surface area contributed by atoms with Gasteiger partial charge in [-0.3, -0.25) is 9.59 Å². The van der Waals surface area contributed by atoms with Crippen LogP contribution in [-0.4, -0.2) is 35.3 Å². The summed E-state index contributed by atoms with van der Waals surface area (Å²) in [7, 11) is 0. The maximum atomic E-state index is 12.3. The molecule has 4 rings (SSSR count). The molecule has 2 aliphatic heterocycles. The average molecular weight is 381 g/mol. The Balaban J connectivity index is 1.46. The van der Waals surface area contributed by atoms with Crippen molar-refractivity contribution in [3.63, 3.8) is 0 Å². The highest BCUT2D eigenvalue weighted by Gasteiger charge is 2.37. The van der Waals surface area contributed by atoms with Crippen molar-refractivity contribution in [1.82, 2.24) is 4.98 Å². The smallest absolute Gasteiger partial charge is 0.298 e. The van der Waals surface area contributed by atoms with Crippen LogP contribution >= 0.6 is 11.8 Å². The Kier molecular flexibility index (Phi) is 4.85. The van der Waals surface area contributed by atoms with E-state index in [0.717, 1.165) is 48.4 Å². The molecule has 7 heteroatoms. The lowest BCUT2D eigenvalue weighted by Gasteiger charge is -2.33. The van der Waals surface area contributed by atoms with Gasteiger partial charge in [0.1, 0.15) is 17.7 Å². The quantitative estimate of drug-likeness (QED) is 0.750. The summed E-state index contributed by atoms with van der Waals surface area (Å²) in [5.41, 5.74) is 0.478. The molecule has 0 aliphatic carbocycles. The van der Waals surface area contributed by atoms with Crippen LogP contribution in [0.1, 0.15) is 12.8 Å². The monoisotopic (exact) mass is 381 g/mol. The SMILES string of the molecule is C=C1SC(=O)N(c2ccccc2OC2CCN(c3ccccn3)CC2)C1=O. The molecule has 0 radical (unpaired) electrons. The molecule has 1 aromatic heterocycles. The van der Waals surface area contributed by atoms with Crippen LogP contribution in [0, 0.1) is 0 Å². The Morgan fingerprint density at radius 1 is 1.07 bits per heavy atom. The molecule has 1 aromatic carbocycles. The fourth-order valence-corrected chi connectivity index (χ4v) is 3.94. The molecule has 0 spiro atoms. The third kappa shape index (κ3) is 3.55. The number of ether oxygens (including phenoxy) is 1. The molecule has 2 amide bonds. The van der Waals surface area contributed by atoms with Crippen LogP contribution in [0.5, 0.6) is 5.75 Å². The summed E-state index contributed by atoms with van der Waals surface area (Å²) in [6.45, 7) is 5.33. The van der Waals surface area contributed by atoms with Crippen molar-refractivity contribution in [2.75, 3.05) is 22.9 Å². The Morgan fingerprint density at radius 3 is 2.48 bits per heavy atom. The van der Waals surface area contributed by atoms with Gasteiger partial charge in [0.15, 0.2) is 0 Å². The number of imide groups is 1. The van der Waals surface area contributed by atoms with Gasteiger partial charge in [-0.15, -0.1) is 0 Å². The van der Waals surface area contributed by atoms with Crippen LogP contribution in [0.15, 0.2) is 60.1 Å². The molecular weight excluding hydrogens is 362 g/mol. The first kappa shape index (κ1) is 17.6. The predicted octanol–water partition coefficient (Wildman–Crippen LogP) is 3.84. The Morgan fingerprint density at radius 2 is 1.81 bits per heavy atom. The van der Waals surface area contributed by atoms with Crippen LogP contribution in [-0.2, 0) is 4.79 Å². The molecule has 6 nitrogen and oxygen atoms in total. The molecule has 27 heavy (non-hydrogen) atoms. The molecule has 0 N–H and O–H groups in total. The van der Waals surface area contributed by atoms with Crippen molar-refractivity contribution < 1.29 is 14.3 Å². The number of para-hydroxylation sites is 2. The minimum absolute atomic E-state index is 0.0229. The number of piperidine rings is 1. The summed E-state index contributed by atoms with van der Waals surface area (Å²) in [4.78, 5) is 32.5. The third-order valence-corrected chi connectivity index (χ3v) is 5.43. The van der Waals surface area contributed by atoms with E-state index in [2.05, 4.69) is 16.5 Å². The van der Waals surface area contributed by atoms with Gasteiger partial charge in [-0.25, -0.2) is 9.88 Å². The van der Waals surface area contributed by atoms with E-state index in [9.17, 15) is 9.59 Å². The van der Waals surface area contributed by atoms with Gasteiger partial charge in [-0.05, 0) is 36.0 Å². The van der Waals surface area contributed by atoms with E-state index < -0.39 is 0 Å². The summed E-state index contributed by atoms with van der Waals surface area (Å²) >= 11 is 0.858. The second-order valence-electron chi connectivity index (χ2n) is 6.39. The Hall–Kier alpha value is -2.80. The molecule has 138 valence electrons. The normalized spacial score (nSPS) is 18.3. The topological polar surface area (TPSA) is 62.7 Å². The van der Waals surface area contributed by atoms with Gasteiger partial charge in [0, 0.05) is 32.1 Å². The number of anilines is 2. The zero-order chi connectivity index (χ0) is 18.8. The molecule has 3 heterocycles. The lowest BCUT2D eigenvalue weighted by atomic mass is 10.1. The van der Waals surface area contributed by atoms with Crippen molar-refractivity contribution in [2.45, 2.75) is 18.9 Å². The summed E-state index contributed by atoms with van der Waals surface area (Å²) < 4.78 is 6.18. The van der Waals surface area contributed by atoms with E-state index in [1.807, 2.05) is 24.3 Å². The van der Waals surface area contributed by atoms with Gasteiger partial charge in [0.05, 0.1) is 10.6 Å². The highest BCUT2D eigenvalue weighted by Crippen LogP contribution is 2.39. The lowest BCUT2D eigenvalue weighted by Crippen LogP contribution is -2.39. The Labute approximate surface area is 161 Å². The number of rotatable bonds is 4. The number of pyridine rings is 1. The van der Waals surface area contributed by atoms with Crippen molar-refractivity contribution in [2.24, 2.45) is 0 Å². The first-order chi connectivity index (χ1) is 13.1. The number of hydrogen-bond donors (Lipinski definition) is 0. The number of thioether (sulfide) groups is 1. The number of nitrogens with zero attached hydrogens (tertiary/aromatic N) is 3. The minimum Gasteiger partial charge on any atom is -0.488 e.